The topological polar surface area (TPSA) is 96.0 Å². The van der Waals surface area contributed by atoms with Crippen LogP contribution in [0.15, 0.2) is 40.6 Å². The monoisotopic (exact) mass is 477 g/mol. The van der Waals surface area contributed by atoms with Gasteiger partial charge in [0.15, 0.2) is 0 Å². The van der Waals surface area contributed by atoms with Gasteiger partial charge in [-0.25, -0.2) is 8.42 Å². The highest BCUT2D eigenvalue weighted by atomic mass is 32.2. The molecular formula is C22H27N3O5S2. The lowest BCUT2D eigenvalue weighted by atomic mass is 10.1. The number of nitrogens with zero attached hydrogens (tertiary/aromatic N) is 2. The fourth-order valence-electron chi connectivity index (χ4n) is 3.95. The maximum Gasteiger partial charge on any atom is 0.263 e. The summed E-state index contributed by atoms with van der Waals surface area (Å²) in [5.41, 5.74) is 1.39. The second kappa shape index (κ2) is 10.1. The van der Waals surface area contributed by atoms with E-state index in [9.17, 15) is 18.0 Å². The van der Waals surface area contributed by atoms with Crippen LogP contribution in [-0.2, 0) is 21.3 Å². The Balaban J connectivity index is 1.43. The third kappa shape index (κ3) is 5.03. The lowest BCUT2D eigenvalue weighted by molar-refractivity contribution is 0.0724. The number of nitrogens with one attached hydrogen (secondary N) is 1. The van der Waals surface area contributed by atoms with Gasteiger partial charge in [-0.2, -0.15) is 4.31 Å². The van der Waals surface area contributed by atoms with Gasteiger partial charge in [-0.1, -0.05) is 12.1 Å². The summed E-state index contributed by atoms with van der Waals surface area (Å²) in [4.78, 5) is 27.6. The zero-order valence-corrected chi connectivity index (χ0v) is 19.4. The standard InChI is InChI=1S/C22H27N3O5S2/c26-21(20-19(7-14-31-20)32(28,29)25-10-12-30-13-11-25)23-16-17-5-4-6-18(15-17)22(27)24-8-2-1-3-9-24/h4-7,14-15H,1-3,8-13,16H2,(H,23,26). The molecule has 3 heterocycles. The van der Waals surface area contributed by atoms with E-state index in [0.717, 1.165) is 49.3 Å². The number of ether oxygens (including phenoxy) is 1. The first-order valence-electron chi connectivity index (χ1n) is 10.8. The molecule has 2 aliphatic rings. The summed E-state index contributed by atoms with van der Waals surface area (Å²) in [5, 5.41) is 4.41. The Labute approximate surface area is 192 Å². The minimum atomic E-state index is -3.75. The molecule has 172 valence electrons. The van der Waals surface area contributed by atoms with Crippen LogP contribution >= 0.6 is 11.3 Å². The van der Waals surface area contributed by atoms with E-state index in [2.05, 4.69) is 5.32 Å². The van der Waals surface area contributed by atoms with Crippen LogP contribution in [0.25, 0.3) is 0 Å². The number of amides is 2. The van der Waals surface area contributed by atoms with Crippen molar-refractivity contribution >= 4 is 33.2 Å². The first kappa shape index (κ1) is 22.9. The number of piperidine rings is 1. The minimum absolute atomic E-state index is 0.00928. The van der Waals surface area contributed by atoms with Crippen molar-refractivity contribution in [3.63, 3.8) is 0 Å². The first-order chi connectivity index (χ1) is 15.5. The van der Waals surface area contributed by atoms with Gasteiger partial charge in [0.2, 0.25) is 10.0 Å². The summed E-state index contributed by atoms with van der Waals surface area (Å²) in [5.74, 6) is -0.436. The summed E-state index contributed by atoms with van der Waals surface area (Å²) < 4.78 is 32.5. The van der Waals surface area contributed by atoms with Crippen molar-refractivity contribution < 1.29 is 22.7 Å². The summed E-state index contributed by atoms with van der Waals surface area (Å²) in [6, 6.07) is 8.69. The molecular weight excluding hydrogens is 450 g/mol. The van der Waals surface area contributed by atoms with E-state index in [1.54, 1.807) is 23.6 Å². The normalized spacial score (nSPS) is 17.8. The van der Waals surface area contributed by atoms with Gasteiger partial charge in [0, 0.05) is 38.3 Å². The number of carbonyl (C=O) groups is 2. The van der Waals surface area contributed by atoms with Gasteiger partial charge in [-0.3, -0.25) is 9.59 Å². The zero-order chi connectivity index (χ0) is 22.6. The number of likely N-dealkylation sites (tertiary alicyclic amines) is 1. The smallest absolute Gasteiger partial charge is 0.263 e. The molecule has 0 aliphatic carbocycles. The highest BCUT2D eigenvalue weighted by molar-refractivity contribution is 7.89. The maximum atomic E-state index is 13.0. The fourth-order valence-corrected chi connectivity index (χ4v) is 6.67. The number of rotatable bonds is 6. The van der Waals surface area contributed by atoms with E-state index in [1.165, 1.54) is 10.4 Å². The van der Waals surface area contributed by atoms with Crippen molar-refractivity contribution in [1.29, 1.82) is 0 Å². The maximum absolute atomic E-state index is 13.0. The van der Waals surface area contributed by atoms with Crippen molar-refractivity contribution in [2.75, 3.05) is 39.4 Å². The summed E-state index contributed by atoms with van der Waals surface area (Å²) in [7, 11) is -3.75. The predicted octanol–water partition coefficient (Wildman–Crippen LogP) is 2.33. The van der Waals surface area contributed by atoms with E-state index in [4.69, 9.17) is 4.74 Å². The molecule has 2 amide bonds. The Morgan fingerprint density at radius 2 is 1.78 bits per heavy atom. The van der Waals surface area contributed by atoms with Crippen molar-refractivity contribution in [3.8, 4) is 0 Å². The van der Waals surface area contributed by atoms with Gasteiger partial charge in [-0.15, -0.1) is 11.3 Å². The number of hydrogen-bond donors (Lipinski definition) is 1. The van der Waals surface area contributed by atoms with E-state index in [1.807, 2.05) is 11.0 Å². The average Bonchev–Trinajstić information content (AvgIpc) is 3.34. The van der Waals surface area contributed by atoms with Crippen molar-refractivity contribution in [3.05, 3.63) is 51.7 Å². The summed E-state index contributed by atoms with van der Waals surface area (Å²) in [6.07, 6.45) is 3.21. The molecule has 2 aliphatic heterocycles. The number of benzene rings is 1. The molecule has 0 saturated carbocycles. The van der Waals surface area contributed by atoms with Crippen molar-refractivity contribution in [1.82, 2.24) is 14.5 Å². The Morgan fingerprint density at radius 1 is 1.03 bits per heavy atom. The van der Waals surface area contributed by atoms with Crippen LogP contribution in [0, 0.1) is 0 Å². The summed E-state index contributed by atoms with van der Waals surface area (Å²) >= 11 is 1.10. The van der Waals surface area contributed by atoms with Gasteiger partial charge in [-0.05, 0) is 48.4 Å². The molecule has 2 fully saturated rings. The number of thiophene rings is 1. The first-order valence-corrected chi connectivity index (χ1v) is 13.1. The third-order valence-electron chi connectivity index (χ3n) is 5.69. The van der Waals surface area contributed by atoms with Crippen LogP contribution in [0.2, 0.25) is 0 Å². The summed E-state index contributed by atoms with van der Waals surface area (Å²) in [6.45, 7) is 2.99. The van der Waals surface area contributed by atoms with Gasteiger partial charge in [0.25, 0.3) is 11.8 Å². The molecule has 1 N–H and O–H groups in total. The Kier molecular flexibility index (Phi) is 7.24. The Bertz CT molecular complexity index is 1070. The predicted molar refractivity (Wildman–Crippen MR) is 121 cm³/mol. The molecule has 0 atom stereocenters. The molecule has 0 radical (unpaired) electrons. The number of hydrogen-bond acceptors (Lipinski definition) is 6. The van der Waals surface area contributed by atoms with Crippen LogP contribution in [0.3, 0.4) is 0 Å². The Morgan fingerprint density at radius 3 is 2.53 bits per heavy atom. The lowest BCUT2D eigenvalue weighted by Crippen LogP contribution is -2.41. The van der Waals surface area contributed by atoms with E-state index in [0.29, 0.717) is 18.8 Å². The van der Waals surface area contributed by atoms with Crippen LogP contribution in [0.1, 0.15) is 44.9 Å². The third-order valence-corrected chi connectivity index (χ3v) is 8.68. The van der Waals surface area contributed by atoms with Crippen molar-refractivity contribution in [2.24, 2.45) is 0 Å². The van der Waals surface area contributed by atoms with Crippen LogP contribution in [0.4, 0.5) is 0 Å². The molecule has 0 bridgehead atoms. The largest absolute Gasteiger partial charge is 0.379 e. The van der Waals surface area contributed by atoms with Crippen LogP contribution in [0.5, 0.6) is 0 Å². The fraction of sp³-hybridized carbons (Fsp3) is 0.455. The highest BCUT2D eigenvalue weighted by Crippen LogP contribution is 2.26. The SMILES string of the molecule is O=C(NCc1cccc(C(=O)N2CCCCC2)c1)c1sccc1S(=O)(=O)N1CCOCC1. The quantitative estimate of drug-likeness (QED) is 0.689. The molecule has 0 unspecified atom stereocenters. The molecule has 1 aromatic heterocycles. The van der Waals surface area contributed by atoms with Gasteiger partial charge in [0.1, 0.15) is 9.77 Å². The van der Waals surface area contributed by atoms with Crippen molar-refractivity contribution in [2.45, 2.75) is 30.7 Å². The van der Waals surface area contributed by atoms with E-state index in [-0.39, 0.29) is 35.3 Å². The van der Waals surface area contributed by atoms with Crippen LogP contribution < -0.4 is 5.32 Å². The van der Waals surface area contributed by atoms with Gasteiger partial charge >= 0.3 is 0 Å². The van der Waals surface area contributed by atoms with Crippen LogP contribution in [-0.4, -0.2) is 68.8 Å². The molecule has 32 heavy (non-hydrogen) atoms. The lowest BCUT2D eigenvalue weighted by Gasteiger charge is -2.26. The van der Waals surface area contributed by atoms with Gasteiger partial charge in [0.05, 0.1) is 13.2 Å². The second-order valence-electron chi connectivity index (χ2n) is 7.87. The molecule has 10 heteroatoms. The van der Waals surface area contributed by atoms with Gasteiger partial charge < -0.3 is 15.0 Å². The second-order valence-corrected chi connectivity index (χ2v) is 10.7. The van der Waals surface area contributed by atoms with E-state index < -0.39 is 15.9 Å². The number of sulfonamides is 1. The molecule has 2 saturated heterocycles. The highest BCUT2D eigenvalue weighted by Gasteiger charge is 2.31. The average molecular weight is 478 g/mol. The Hall–Kier alpha value is -2.27. The molecule has 1 aromatic carbocycles. The van der Waals surface area contributed by atoms with E-state index >= 15 is 0 Å². The molecule has 4 rings (SSSR count). The molecule has 2 aromatic rings. The number of morpholine rings is 1. The molecule has 0 spiro atoms. The minimum Gasteiger partial charge on any atom is -0.379 e. The molecule has 8 nitrogen and oxygen atoms in total. The number of carbonyl (C=O) groups excluding carboxylic acids is 2. The zero-order valence-electron chi connectivity index (χ0n) is 17.8.